The van der Waals surface area contributed by atoms with Gasteiger partial charge in [-0.2, -0.15) is 0 Å². The van der Waals surface area contributed by atoms with Gasteiger partial charge in [-0.15, -0.1) is 0 Å². The first-order valence-corrected chi connectivity index (χ1v) is 5.92. The van der Waals surface area contributed by atoms with Crippen LogP contribution in [-0.2, 0) is 4.79 Å². The Balaban J connectivity index is 2.99. The average molecular weight is 297 g/mol. The number of rotatable bonds is 2. The molecule has 1 aromatic rings. The third-order valence-electron chi connectivity index (χ3n) is 2.18. The van der Waals surface area contributed by atoms with Gasteiger partial charge in [-0.1, -0.05) is 34.8 Å². The fourth-order valence-electron chi connectivity index (χ4n) is 1.55. The summed E-state index contributed by atoms with van der Waals surface area (Å²) in [6.45, 7) is 3.74. The van der Waals surface area contributed by atoms with Gasteiger partial charge in [-0.3, -0.25) is 4.79 Å². The molecular formula is C11H12Cl3NO2. The number of halogens is 3. The van der Waals surface area contributed by atoms with E-state index in [0.29, 0.717) is 5.69 Å². The molecule has 0 aromatic heterocycles. The maximum Gasteiger partial charge on any atom is 0.276 e. The van der Waals surface area contributed by atoms with E-state index in [-0.39, 0.29) is 0 Å². The summed E-state index contributed by atoms with van der Waals surface area (Å²) in [6.07, 6.45) is 0. The summed E-state index contributed by atoms with van der Waals surface area (Å²) in [5, 5.41) is 2.52. The predicted molar refractivity (Wildman–Crippen MR) is 71.4 cm³/mol. The highest BCUT2D eigenvalue weighted by atomic mass is 35.6. The summed E-state index contributed by atoms with van der Waals surface area (Å²) < 4.78 is 3.24. The van der Waals surface area contributed by atoms with Crippen LogP contribution < -0.4 is 10.1 Å². The van der Waals surface area contributed by atoms with E-state index in [4.69, 9.17) is 39.5 Å². The van der Waals surface area contributed by atoms with Crippen LogP contribution in [0.2, 0.25) is 0 Å². The van der Waals surface area contributed by atoms with Gasteiger partial charge in [0.15, 0.2) is 0 Å². The molecule has 0 radical (unpaired) electrons. The van der Waals surface area contributed by atoms with Crippen molar-refractivity contribution in [2.75, 3.05) is 12.4 Å². The van der Waals surface area contributed by atoms with Gasteiger partial charge < -0.3 is 10.1 Å². The minimum Gasteiger partial charge on any atom is -0.496 e. The summed E-state index contributed by atoms with van der Waals surface area (Å²) in [5.74, 6) is 0.0864. The van der Waals surface area contributed by atoms with E-state index in [1.807, 2.05) is 13.8 Å². The first-order chi connectivity index (χ1) is 7.75. The maximum atomic E-state index is 11.5. The highest BCUT2D eigenvalue weighted by Crippen LogP contribution is 2.30. The fraction of sp³-hybridized carbons (Fsp3) is 0.364. The number of hydrogen-bond donors (Lipinski definition) is 1. The lowest BCUT2D eigenvalue weighted by molar-refractivity contribution is -0.115. The minimum atomic E-state index is -1.97. The van der Waals surface area contributed by atoms with E-state index in [2.05, 4.69) is 5.32 Å². The predicted octanol–water partition coefficient (Wildman–Crippen LogP) is 3.62. The topological polar surface area (TPSA) is 38.3 Å². The van der Waals surface area contributed by atoms with Crippen LogP contribution in [0.1, 0.15) is 11.1 Å². The van der Waals surface area contributed by atoms with Crippen LogP contribution in [-0.4, -0.2) is 16.8 Å². The van der Waals surface area contributed by atoms with E-state index in [0.717, 1.165) is 16.9 Å². The van der Waals surface area contributed by atoms with E-state index >= 15 is 0 Å². The molecule has 1 amide bonds. The van der Waals surface area contributed by atoms with Crippen molar-refractivity contribution in [3.63, 3.8) is 0 Å². The van der Waals surface area contributed by atoms with Gasteiger partial charge in [0.2, 0.25) is 0 Å². The zero-order valence-corrected chi connectivity index (χ0v) is 11.9. The van der Waals surface area contributed by atoms with Gasteiger partial charge in [0.1, 0.15) is 5.75 Å². The Labute approximate surface area is 115 Å². The number of alkyl halides is 3. The Morgan fingerprint density at radius 3 is 2.06 bits per heavy atom. The van der Waals surface area contributed by atoms with E-state index in [1.54, 1.807) is 19.2 Å². The maximum absolute atomic E-state index is 11.5. The lowest BCUT2D eigenvalue weighted by atomic mass is 10.1. The van der Waals surface area contributed by atoms with Gasteiger partial charge in [-0.05, 0) is 37.1 Å². The number of benzene rings is 1. The number of aryl methyl sites for hydroxylation is 2. The largest absolute Gasteiger partial charge is 0.496 e. The zero-order chi connectivity index (χ0) is 13.2. The second-order valence-electron chi connectivity index (χ2n) is 3.60. The highest BCUT2D eigenvalue weighted by molar-refractivity contribution is 6.76. The van der Waals surface area contributed by atoms with E-state index in [1.165, 1.54) is 0 Å². The molecule has 6 heteroatoms. The summed E-state index contributed by atoms with van der Waals surface area (Å²) in [7, 11) is 1.59. The lowest BCUT2D eigenvalue weighted by Crippen LogP contribution is -2.27. The van der Waals surface area contributed by atoms with Crippen molar-refractivity contribution in [1.29, 1.82) is 0 Å². The molecule has 0 saturated heterocycles. The van der Waals surface area contributed by atoms with E-state index in [9.17, 15) is 4.79 Å². The van der Waals surface area contributed by atoms with Gasteiger partial charge in [-0.25, -0.2) is 0 Å². The zero-order valence-electron chi connectivity index (χ0n) is 9.61. The monoisotopic (exact) mass is 295 g/mol. The molecule has 3 nitrogen and oxygen atoms in total. The van der Waals surface area contributed by atoms with Crippen LogP contribution in [0.4, 0.5) is 5.69 Å². The van der Waals surface area contributed by atoms with Crippen molar-refractivity contribution in [1.82, 2.24) is 0 Å². The third-order valence-corrected chi connectivity index (χ3v) is 2.69. The number of carbonyl (C=O) groups excluding carboxylic acids is 1. The Bertz CT molecular complexity index is 418. The van der Waals surface area contributed by atoms with Gasteiger partial charge in [0.25, 0.3) is 9.70 Å². The first-order valence-electron chi connectivity index (χ1n) is 4.79. The quantitative estimate of drug-likeness (QED) is 0.847. The number of methoxy groups -OCH3 is 1. The molecule has 0 aliphatic carbocycles. The molecule has 1 rings (SSSR count). The summed E-state index contributed by atoms with van der Waals surface area (Å²) in [4.78, 5) is 11.5. The Morgan fingerprint density at radius 1 is 1.24 bits per heavy atom. The SMILES string of the molecule is COc1c(C)cc(NC(=O)C(Cl)(Cl)Cl)cc1C. The molecule has 0 heterocycles. The molecule has 0 fully saturated rings. The van der Waals surface area contributed by atoms with Crippen molar-refractivity contribution in [3.8, 4) is 5.75 Å². The van der Waals surface area contributed by atoms with Gasteiger partial charge in [0, 0.05) is 5.69 Å². The lowest BCUT2D eigenvalue weighted by Gasteiger charge is -2.14. The second kappa shape index (κ2) is 5.34. The number of amides is 1. The van der Waals surface area contributed by atoms with Crippen LogP contribution in [0.3, 0.4) is 0 Å². The Kier molecular flexibility index (Phi) is 4.53. The minimum absolute atomic E-state index is 0.567. The molecule has 0 aliphatic heterocycles. The number of nitrogens with one attached hydrogen (secondary N) is 1. The summed E-state index contributed by atoms with van der Waals surface area (Å²) in [6, 6.07) is 3.50. The summed E-state index contributed by atoms with van der Waals surface area (Å²) in [5.41, 5.74) is 2.36. The molecule has 1 aromatic carbocycles. The first kappa shape index (κ1) is 14.4. The van der Waals surface area contributed by atoms with Crippen LogP contribution in [0.15, 0.2) is 12.1 Å². The third kappa shape index (κ3) is 3.66. The van der Waals surface area contributed by atoms with Crippen molar-refractivity contribution in [3.05, 3.63) is 23.3 Å². The summed E-state index contributed by atoms with van der Waals surface area (Å²) >= 11 is 16.4. The number of carbonyl (C=O) groups is 1. The smallest absolute Gasteiger partial charge is 0.276 e. The van der Waals surface area contributed by atoms with Crippen molar-refractivity contribution in [2.24, 2.45) is 0 Å². The highest BCUT2D eigenvalue weighted by Gasteiger charge is 2.30. The molecule has 1 N–H and O–H groups in total. The van der Waals surface area contributed by atoms with Crippen LogP contribution in [0.5, 0.6) is 5.75 Å². The van der Waals surface area contributed by atoms with Crippen LogP contribution in [0, 0.1) is 13.8 Å². The molecule has 0 spiro atoms. The van der Waals surface area contributed by atoms with Crippen molar-refractivity contribution in [2.45, 2.75) is 17.6 Å². The molecule has 0 bridgehead atoms. The average Bonchev–Trinajstić information content (AvgIpc) is 2.15. The Morgan fingerprint density at radius 2 is 1.71 bits per heavy atom. The molecule has 0 atom stereocenters. The molecule has 0 saturated carbocycles. The molecule has 0 aliphatic rings. The fourth-order valence-corrected chi connectivity index (χ4v) is 1.69. The normalized spacial score (nSPS) is 11.2. The molecular weight excluding hydrogens is 284 g/mol. The standard InChI is InChI=1S/C11H12Cl3NO2/c1-6-4-8(5-7(2)9(6)17-3)15-10(16)11(12,13)14/h4-5H,1-3H3,(H,15,16). The van der Waals surface area contributed by atoms with Crippen molar-refractivity contribution >= 4 is 46.4 Å². The molecule has 94 valence electrons. The van der Waals surface area contributed by atoms with Crippen molar-refractivity contribution < 1.29 is 9.53 Å². The van der Waals surface area contributed by atoms with Gasteiger partial charge in [0.05, 0.1) is 7.11 Å². The Hall–Kier alpha value is -0.640. The van der Waals surface area contributed by atoms with E-state index < -0.39 is 9.70 Å². The number of ether oxygens (including phenoxy) is 1. The number of anilines is 1. The van der Waals surface area contributed by atoms with Gasteiger partial charge >= 0.3 is 0 Å². The molecule has 17 heavy (non-hydrogen) atoms. The second-order valence-corrected chi connectivity index (χ2v) is 5.88. The number of hydrogen-bond acceptors (Lipinski definition) is 2. The van der Waals surface area contributed by atoms with Crippen LogP contribution in [0.25, 0.3) is 0 Å². The molecule has 0 unspecified atom stereocenters. The van der Waals surface area contributed by atoms with Crippen LogP contribution >= 0.6 is 34.8 Å².